The molecule has 28 heavy (non-hydrogen) atoms. The molecule has 7 nitrogen and oxygen atoms in total. The summed E-state index contributed by atoms with van der Waals surface area (Å²) in [4.78, 5) is 24.0. The van der Waals surface area contributed by atoms with E-state index in [0.29, 0.717) is 23.5 Å². The predicted molar refractivity (Wildman–Crippen MR) is 101 cm³/mol. The van der Waals surface area contributed by atoms with Crippen LogP contribution in [0.2, 0.25) is 0 Å². The minimum Gasteiger partial charge on any atom is -0.493 e. The van der Waals surface area contributed by atoms with Gasteiger partial charge in [-0.05, 0) is 37.3 Å². The van der Waals surface area contributed by atoms with Crippen LogP contribution in [0, 0.1) is 0 Å². The van der Waals surface area contributed by atoms with Crippen molar-refractivity contribution in [3.8, 4) is 11.5 Å². The summed E-state index contributed by atoms with van der Waals surface area (Å²) < 4.78 is 34.3. The number of ether oxygens (including phenoxy) is 2. The summed E-state index contributed by atoms with van der Waals surface area (Å²) >= 11 is 0. The van der Waals surface area contributed by atoms with Gasteiger partial charge in [-0.3, -0.25) is 9.59 Å². The predicted octanol–water partition coefficient (Wildman–Crippen LogP) is 3.10. The summed E-state index contributed by atoms with van der Waals surface area (Å²) in [6.07, 6.45) is 0. The number of anilines is 2. The number of alkyl halides is 2. The Bertz CT molecular complexity index is 831. The van der Waals surface area contributed by atoms with Crippen molar-refractivity contribution in [3.05, 3.63) is 48.0 Å². The molecule has 0 radical (unpaired) electrons. The molecule has 0 aliphatic heterocycles. The number of rotatable bonds is 9. The van der Waals surface area contributed by atoms with Crippen molar-refractivity contribution in [1.82, 2.24) is 5.32 Å². The SMILES string of the molecule is CCNC(=O)c1cccc(NC(=O)CNc2ccc(OC)c(OC(F)F)c2)c1. The summed E-state index contributed by atoms with van der Waals surface area (Å²) in [5.41, 5.74) is 1.30. The van der Waals surface area contributed by atoms with E-state index >= 15 is 0 Å². The second-order valence-corrected chi connectivity index (χ2v) is 5.59. The van der Waals surface area contributed by atoms with Gasteiger partial charge in [0.25, 0.3) is 5.91 Å². The number of benzene rings is 2. The molecule has 0 aliphatic rings. The van der Waals surface area contributed by atoms with E-state index in [1.165, 1.54) is 19.2 Å². The van der Waals surface area contributed by atoms with Crippen molar-refractivity contribution in [1.29, 1.82) is 0 Å². The van der Waals surface area contributed by atoms with Crippen molar-refractivity contribution >= 4 is 23.2 Å². The third-order valence-electron chi connectivity index (χ3n) is 3.58. The number of hydrogen-bond donors (Lipinski definition) is 3. The van der Waals surface area contributed by atoms with Crippen molar-refractivity contribution in [3.63, 3.8) is 0 Å². The van der Waals surface area contributed by atoms with Crippen LogP contribution in [0.3, 0.4) is 0 Å². The second kappa shape index (κ2) is 10.1. The summed E-state index contributed by atoms with van der Waals surface area (Å²) in [7, 11) is 1.34. The molecular formula is C19H21F2N3O4. The van der Waals surface area contributed by atoms with Gasteiger partial charge in [-0.2, -0.15) is 8.78 Å². The van der Waals surface area contributed by atoms with Crippen molar-refractivity contribution in [2.45, 2.75) is 13.5 Å². The monoisotopic (exact) mass is 393 g/mol. The molecule has 150 valence electrons. The standard InChI is InChI=1S/C19H21F2N3O4/c1-3-22-18(26)12-5-4-6-14(9-12)24-17(25)11-23-13-7-8-15(27-2)16(10-13)28-19(20)21/h4-10,19,23H,3,11H2,1-2H3,(H,22,26)(H,24,25). The minimum absolute atomic E-state index is 0.119. The normalized spacial score (nSPS) is 10.3. The first-order valence-corrected chi connectivity index (χ1v) is 8.47. The van der Waals surface area contributed by atoms with Gasteiger partial charge in [0.15, 0.2) is 11.5 Å². The summed E-state index contributed by atoms with van der Waals surface area (Å²) in [6, 6.07) is 10.8. The Hall–Kier alpha value is -3.36. The van der Waals surface area contributed by atoms with Gasteiger partial charge < -0.3 is 25.4 Å². The van der Waals surface area contributed by atoms with E-state index in [2.05, 4.69) is 20.7 Å². The van der Waals surface area contributed by atoms with Crippen LogP contribution in [0.15, 0.2) is 42.5 Å². The molecule has 2 aromatic rings. The zero-order valence-electron chi connectivity index (χ0n) is 15.4. The zero-order chi connectivity index (χ0) is 20.5. The topological polar surface area (TPSA) is 88.7 Å². The van der Waals surface area contributed by atoms with Gasteiger partial charge in [-0.25, -0.2) is 0 Å². The molecule has 2 amide bonds. The van der Waals surface area contributed by atoms with E-state index in [1.807, 2.05) is 6.92 Å². The van der Waals surface area contributed by atoms with E-state index in [1.54, 1.807) is 30.3 Å². The number of halogens is 2. The van der Waals surface area contributed by atoms with Crippen LogP contribution in [0.5, 0.6) is 11.5 Å². The summed E-state index contributed by atoms with van der Waals surface area (Å²) in [6.45, 7) is -0.805. The molecule has 0 saturated heterocycles. The number of nitrogens with one attached hydrogen (secondary N) is 3. The first-order chi connectivity index (χ1) is 13.4. The smallest absolute Gasteiger partial charge is 0.387 e. The molecule has 0 aliphatic carbocycles. The zero-order valence-corrected chi connectivity index (χ0v) is 15.4. The van der Waals surface area contributed by atoms with Gasteiger partial charge in [0.2, 0.25) is 5.91 Å². The Morgan fingerprint density at radius 3 is 2.54 bits per heavy atom. The number of carbonyl (C=O) groups is 2. The van der Waals surface area contributed by atoms with E-state index in [-0.39, 0.29) is 29.9 Å². The van der Waals surface area contributed by atoms with E-state index in [0.717, 1.165) is 0 Å². The largest absolute Gasteiger partial charge is 0.493 e. The van der Waals surface area contributed by atoms with Gasteiger partial charge in [0.1, 0.15) is 0 Å². The lowest BCUT2D eigenvalue weighted by Gasteiger charge is -2.13. The molecule has 0 spiro atoms. The highest BCUT2D eigenvalue weighted by Gasteiger charge is 2.12. The molecule has 0 bridgehead atoms. The van der Waals surface area contributed by atoms with E-state index in [4.69, 9.17) is 4.74 Å². The minimum atomic E-state index is -3.00. The van der Waals surface area contributed by atoms with Crippen molar-refractivity contribution < 1.29 is 27.8 Å². The van der Waals surface area contributed by atoms with Crippen LogP contribution in [-0.2, 0) is 4.79 Å². The molecule has 3 N–H and O–H groups in total. The molecule has 0 heterocycles. The Morgan fingerprint density at radius 1 is 1.07 bits per heavy atom. The fourth-order valence-corrected chi connectivity index (χ4v) is 2.36. The third-order valence-corrected chi connectivity index (χ3v) is 3.58. The van der Waals surface area contributed by atoms with Gasteiger partial charge >= 0.3 is 6.61 Å². The number of amides is 2. The van der Waals surface area contributed by atoms with Gasteiger partial charge in [0.05, 0.1) is 13.7 Å². The van der Waals surface area contributed by atoms with Crippen LogP contribution in [0.25, 0.3) is 0 Å². The lowest BCUT2D eigenvalue weighted by Crippen LogP contribution is -2.24. The van der Waals surface area contributed by atoms with Crippen LogP contribution >= 0.6 is 0 Å². The van der Waals surface area contributed by atoms with E-state index in [9.17, 15) is 18.4 Å². The summed E-state index contributed by atoms with van der Waals surface area (Å²) in [5.74, 6) is -0.600. The van der Waals surface area contributed by atoms with E-state index < -0.39 is 6.61 Å². The molecule has 2 rings (SSSR count). The number of methoxy groups -OCH3 is 1. The van der Waals surface area contributed by atoms with Crippen molar-refractivity contribution in [2.75, 3.05) is 30.8 Å². The maximum atomic E-state index is 12.5. The number of hydrogen-bond acceptors (Lipinski definition) is 5. The third kappa shape index (κ3) is 6.11. The lowest BCUT2D eigenvalue weighted by atomic mass is 10.2. The fraction of sp³-hybridized carbons (Fsp3) is 0.263. The van der Waals surface area contributed by atoms with Crippen LogP contribution < -0.4 is 25.4 Å². The molecular weight excluding hydrogens is 372 g/mol. The van der Waals surface area contributed by atoms with Gasteiger partial charge in [-0.1, -0.05) is 6.07 Å². The first-order valence-electron chi connectivity index (χ1n) is 8.47. The van der Waals surface area contributed by atoms with Crippen LogP contribution in [0.1, 0.15) is 17.3 Å². The average molecular weight is 393 g/mol. The quantitative estimate of drug-likeness (QED) is 0.609. The highest BCUT2D eigenvalue weighted by atomic mass is 19.3. The molecule has 0 atom stereocenters. The molecule has 0 saturated carbocycles. The van der Waals surface area contributed by atoms with Crippen molar-refractivity contribution in [2.24, 2.45) is 0 Å². The molecule has 2 aromatic carbocycles. The Balaban J connectivity index is 1.97. The highest BCUT2D eigenvalue weighted by molar-refractivity contribution is 5.98. The molecule has 0 unspecified atom stereocenters. The maximum Gasteiger partial charge on any atom is 0.387 e. The molecule has 0 fully saturated rings. The summed E-state index contributed by atoms with van der Waals surface area (Å²) in [5, 5.41) is 8.15. The Kier molecular flexibility index (Phi) is 7.55. The molecule has 9 heteroatoms. The van der Waals surface area contributed by atoms with Crippen LogP contribution in [0.4, 0.5) is 20.2 Å². The average Bonchev–Trinajstić information content (AvgIpc) is 2.66. The van der Waals surface area contributed by atoms with Gasteiger partial charge in [-0.15, -0.1) is 0 Å². The maximum absolute atomic E-state index is 12.5. The van der Waals surface area contributed by atoms with Gasteiger partial charge in [0, 0.05) is 29.5 Å². The highest BCUT2D eigenvalue weighted by Crippen LogP contribution is 2.31. The lowest BCUT2D eigenvalue weighted by molar-refractivity contribution is -0.114. The van der Waals surface area contributed by atoms with Crippen LogP contribution in [-0.4, -0.2) is 38.6 Å². The Morgan fingerprint density at radius 2 is 1.86 bits per heavy atom. The second-order valence-electron chi connectivity index (χ2n) is 5.59. The molecule has 0 aromatic heterocycles. The number of carbonyl (C=O) groups excluding carboxylic acids is 2. The Labute approximate surface area is 161 Å². The fourth-order valence-electron chi connectivity index (χ4n) is 2.36. The first kappa shape index (κ1) is 20.9.